The zero-order valence-corrected chi connectivity index (χ0v) is 11.6. The smallest absolute Gasteiger partial charge is 0.328 e. The molecule has 0 unspecified atom stereocenters. The standard InChI is InChI=1S/C16H14FNO3/c1-10-3-5-13(8-14(10)17)21-16-11(2)7-12(9-18-16)4-6-15(19)20/h3-9H,1-2H3,(H,19,20)/b6-4+. The monoisotopic (exact) mass is 287 g/mol. The Kier molecular flexibility index (Phi) is 4.33. The van der Waals surface area contributed by atoms with Crippen LogP contribution in [0.4, 0.5) is 4.39 Å². The van der Waals surface area contributed by atoms with E-state index in [1.807, 2.05) is 0 Å². The molecular formula is C16H14FNO3. The van der Waals surface area contributed by atoms with Gasteiger partial charge in [0.2, 0.25) is 5.88 Å². The number of aliphatic carboxylic acids is 1. The van der Waals surface area contributed by atoms with Crippen molar-refractivity contribution in [3.8, 4) is 11.6 Å². The molecule has 0 bridgehead atoms. The molecule has 0 saturated carbocycles. The molecule has 0 fully saturated rings. The van der Waals surface area contributed by atoms with Crippen molar-refractivity contribution < 1.29 is 19.0 Å². The minimum Gasteiger partial charge on any atom is -0.478 e. The summed E-state index contributed by atoms with van der Waals surface area (Å²) in [4.78, 5) is 14.6. The third kappa shape index (κ3) is 3.89. The van der Waals surface area contributed by atoms with Gasteiger partial charge in [-0.05, 0) is 43.2 Å². The highest BCUT2D eigenvalue weighted by atomic mass is 19.1. The Hall–Kier alpha value is -2.69. The van der Waals surface area contributed by atoms with Crippen LogP contribution < -0.4 is 4.74 Å². The number of hydrogen-bond donors (Lipinski definition) is 1. The molecule has 1 aromatic carbocycles. The van der Waals surface area contributed by atoms with E-state index < -0.39 is 5.97 Å². The van der Waals surface area contributed by atoms with Gasteiger partial charge in [0, 0.05) is 23.9 Å². The number of carbonyl (C=O) groups is 1. The fraction of sp³-hybridized carbons (Fsp3) is 0.125. The maximum absolute atomic E-state index is 13.5. The Balaban J connectivity index is 2.21. The van der Waals surface area contributed by atoms with Crippen molar-refractivity contribution in [1.82, 2.24) is 4.98 Å². The topological polar surface area (TPSA) is 59.4 Å². The highest BCUT2D eigenvalue weighted by Crippen LogP contribution is 2.25. The van der Waals surface area contributed by atoms with Crippen molar-refractivity contribution in [3.63, 3.8) is 0 Å². The summed E-state index contributed by atoms with van der Waals surface area (Å²) in [7, 11) is 0. The first-order valence-electron chi connectivity index (χ1n) is 6.27. The quantitative estimate of drug-likeness (QED) is 0.870. The van der Waals surface area contributed by atoms with E-state index >= 15 is 0 Å². The van der Waals surface area contributed by atoms with E-state index in [9.17, 15) is 9.18 Å². The van der Waals surface area contributed by atoms with Gasteiger partial charge in [-0.15, -0.1) is 0 Å². The number of hydrogen-bond acceptors (Lipinski definition) is 3. The number of halogens is 1. The third-order valence-corrected chi connectivity index (χ3v) is 2.83. The number of aromatic nitrogens is 1. The second-order valence-corrected chi connectivity index (χ2v) is 4.58. The summed E-state index contributed by atoms with van der Waals surface area (Å²) in [5.41, 5.74) is 1.92. The zero-order chi connectivity index (χ0) is 15.4. The van der Waals surface area contributed by atoms with Crippen molar-refractivity contribution in [2.45, 2.75) is 13.8 Å². The number of benzene rings is 1. The van der Waals surface area contributed by atoms with Gasteiger partial charge in [0.15, 0.2) is 0 Å². The van der Waals surface area contributed by atoms with Crippen molar-refractivity contribution in [1.29, 1.82) is 0 Å². The van der Waals surface area contributed by atoms with Gasteiger partial charge in [0.05, 0.1) is 0 Å². The van der Waals surface area contributed by atoms with Crippen LogP contribution in [0.2, 0.25) is 0 Å². The summed E-state index contributed by atoms with van der Waals surface area (Å²) in [6.45, 7) is 3.46. The molecule has 4 nitrogen and oxygen atoms in total. The van der Waals surface area contributed by atoms with Crippen LogP contribution in [-0.4, -0.2) is 16.1 Å². The van der Waals surface area contributed by atoms with Crippen LogP contribution >= 0.6 is 0 Å². The van der Waals surface area contributed by atoms with Gasteiger partial charge in [0.1, 0.15) is 11.6 Å². The molecule has 1 aromatic heterocycles. The predicted molar refractivity (Wildman–Crippen MR) is 76.9 cm³/mol. The molecule has 5 heteroatoms. The molecule has 0 aliphatic carbocycles. The highest BCUT2D eigenvalue weighted by molar-refractivity contribution is 5.85. The first-order valence-corrected chi connectivity index (χ1v) is 6.27. The van der Waals surface area contributed by atoms with E-state index in [0.29, 0.717) is 22.8 Å². The first kappa shape index (κ1) is 14.7. The molecule has 0 spiro atoms. The lowest BCUT2D eigenvalue weighted by Crippen LogP contribution is -1.94. The average Bonchev–Trinajstić information content (AvgIpc) is 2.43. The van der Waals surface area contributed by atoms with Crippen LogP contribution in [0.5, 0.6) is 11.6 Å². The molecule has 1 N–H and O–H groups in total. The number of ether oxygens (including phenoxy) is 1. The molecule has 0 saturated heterocycles. The second kappa shape index (κ2) is 6.17. The molecule has 0 aliphatic heterocycles. The lowest BCUT2D eigenvalue weighted by Gasteiger charge is -2.08. The Morgan fingerprint density at radius 2 is 2.05 bits per heavy atom. The van der Waals surface area contributed by atoms with E-state index in [1.54, 1.807) is 32.0 Å². The van der Waals surface area contributed by atoms with E-state index in [2.05, 4.69) is 4.98 Å². The minimum absolute atomic E-state index is 0.342. The normalized spacial score (nSPS) is 10.8. The van der Waals surface area contributed by atoms with Crippen LogP contribution in [-0.2, 0) is 4.79 Å². The molecule has 0 aliphatic rings. The van der Waals surface area contributed by atoms with Crippen molar-refractivity contribution >= 4 is 12.0 Å². The Morgan fingerprint density at radius 1 is 1.29 bits per heavy atom. The number of aryl methyl sites for hydroxylation is 2. The SMILES string of the molecule is Cc1ccc(Oc2ncc(/C=C/C(=O)O)cc2C)cc1F. The molecule has 0 radical (unpaired) electrons. The number of nitrogens with zero attached hydrogens (tertiary/aromatic N) is 1. The molecule has 0 amide bonds. The number of pyridine rings is 1. The van der Waals surface area contributed by atoms with E-state index in [0.717, 1.165) is 11.6 Å². The van der Waals surface area contributed by atoms with Gasteiger partial charge in [0.25, 0.3) is 0 Å². The fourth-order valence-electron chi connectivity index (χ4n) is 1.70. The van der Waals surface area contributed by atoms with Crippen LogP contribution in [0.3, 0.4) is 0 Å². The maximum Gasteiger partial charge on any atom is 0.328 e. The van der Waals surface area contributed by atoms with Gasteiger partial charge in [-0.25, -0.2) is 14.2 Å². The van der Waals surface area contributed by atoms with Crippen LogP contribution in [0.15, 0.2) is 36.5 Å². The van der Waals surface area contributed by atoms with Gasteiger partial charge in [-0.2, -0.15) is 0 Å². The van der Waals surface area contributed by atoms with E-state index in [4.69, 9.17) is 9.84 Å². The van der Waals surface area contributed by atoms with Crippen LogP contribution in [0, 0.1) is 19.7 Å². The largest absolute Gasteiger partial charge is 0.478 e. The maximum atomic E-state index is 13.5. The highest BCUT2D eigenvalue weighted by Gasteiger charge is 2.06. The van der Waals surface area contributed by atoms with Gasteiger partial charge < -0.3 is 9.84 Å². The van der Waals surface area contributed by atoms with Gasteiger partial charge in [-0.1, -0.05) is 6.07 Å². The van der Waals surface area contributed by atoms with E-state index in [-0.39, 0.29) is 5.82 Å². The van der Waals surface area contributed by atoms with Crippen LogP contribution in [0.25, 0.3) is 6.08 Å². The molecule has 21 heavy (non-hydrogen) atoms. The van der Waals surface area contributed by atoms with E-state index in [1.165, 1.54) is 18.3 Å². The molecule has 0 atom stereocenters. The summed E-state index contributed by atoms with van der Waals surface area (Å²) in [5, 5.41) is 8.57. The van der Waals surface area contributed by atoms with Crippen molar-refractivity contribution in [2.75, 3.05) is 0 Å². The summed E-state index contributed by atoms with van der Waals surface area (Å²) >= 11 is 0. The Bertz CT molecular complexity index is 711. The van der Waals surface area contributed by atoms with Gasteiger partial charge >= 0.3 is 5.97 Å². The number of rotatable bonds is 4. The number of carboxylic acid groups (broad SMARTS) is 1. The summed E-state index contributed by atoms with van der Waals surface area (Å²) in [6.07, 6.45) is 3.97. The molecule has 108 valence electrons. The summed E-state index contributed by atoms with van der Waals surface area (Å²) in [5.74, 6) is -0.650. The van der Waals surface area contributed by atoms with Gasteiger partial charge in [-0.3, -0.25) is 0 Å². The van der Waals surface area contributed by atoms with Crippen molar-refractivity contribution in [2.24, 2.45) is 0 Å². The first-order chi connectivity index (χ1) is 9.95. The second-order valence-electron chi connectivity index (χ2n) is 4.58. The predicted octanol–water partition coefficient (Wildman–Crippen LogP) is 3.73. The molecule has 2 aromatic rings. The summed E-state index contributed by atoms with van der Waals surface area (Å²) in [6, 6.07) is 6.34. The molecular weight excluding hydrogens is 273 g/mol. The lowest BCUT2D eigenvalue weighted by atomic mass is 10.2. The Morgan fingerprint density at radius 3 is 2.67 bits per heavy atom. The fourth-order valence-corrected chi connectivity index (χ4v) is 1.70. The Labute approximate surface area is 121 Å². The van der Waals surface area contributed by atoms with Crippen LogP contribution in [0.1, 0.15) is 16.7 Å². The average molecular weight is 287 g/mol. The van der Waals surface area contributed by atoms with Crippen molar-refractivity contribution in [3.05, 3.63) is 59.0 Å². The zero-order valence-electron chi connectivity index (χ0n) is 11.6. The molecule has 2 rings (SSSR count). The lowest BCUT2D eigenvalue weighted by molar-refractivity contribution is -0.131. The molecule has 1 heterocycles. The third-order valence-electron chi connectivity index (χ3n) is 2.83. The number of carboxylic acids is 1. The minimum atomic E-state index is -1.02. The summed E-state index contributed by atoms with van der Waals surface area (Å²) < 4.78 is 19.0.